The summed E-state index contributed by atoms with van der Waals surface area (Å²) >= 11 is 0. The van der Waals surface area contributed by atoms with Gasteiger partial charge in [-0.2, -0.15) is 5.10 Å². The number of hydrogen-bond donors (Lipinski definition) is 1. The maximum atomic E-state index is 9.60. The van der Waals surface area contributed by atoms with E-state index < -0.39 is 6.10 Å². The van der Waals surface area contributed by atoms with Crippen molar-refractivity contribution in [3.63, 3.8) is 0 Å². The van der Waals surface area contributed by atoms with E-state index in [-0.39, 0.29) is 0 Å². The minimum Gasteiger partial charge on any atom is -0.485 e. The Morgan fingerprint density at radius 1 is 1.41 bits per heavy atom. The minimum atomic E-state index is -0.550. The molecule has 0 fully saturated rings. The SMILES string of the molecule is C[C@@H](O)c1ccccc1OCc1ncnn1C. The highest BCUT2D eigenvalue weighted by Gasteiger charge is 2.09. The fourth-order valence-corrected chi connectivity index (χ4v) is 1.55. The number of rotatable bonds is 4. The second kappa shape index (κ2) is 4.97. The van der Waals surface area contributed by atoms with Gasteiger partial charge < -0.3 is 9.84 Å². The first-order chi connectivity index (χ1) is 8.18. The van der Waals surface area contributed by atoms with Crippen LogP contribution in [-0.4, -0.2) is 19.9 Å². The summed E-state index contributed by atoms with van der Waals surface area (Å²) in [6.07, 6.45) is 0.935. The lowest BCUT2D eigenvalue weighted by Gasteiger charge is -2.12. The molecule has 2 rings (SSSR count). The average Bonchev–Trinajstić information content (AvgIpc) is 2.72. The molecule has 2 aromatic rings. The average molecular weight is 233 g/mol. The van der Waals surface area contributed by atoms with E-state index >= 15 is 0 Å². The number of aromatic nitrogens is 3. The third-order valence-corrected chi connectivity index (χ3v) is 2.53. The van der Waals surface area contributed by atoms with Crippen molar-refractivity contribution in [3.8, 4) is 5.75 Å². The van der Waals surface area contributed by atoms with Crippen LogP contribution in [0.5, 0.6) is 5.75 Å². The molecule has 0 aliphatic carbocycles. The van der Waals surface area contributed by atoms with Crippen LogP contribution in [0.3, 0.4) is 0 Å². The molecule has 0 radical (unpaired) electrons. The van der Waals surface area contributed by atoms with Crippen LogP contribution in [0, 0.1) is 0 Å². The molecular formula is C12H15N3O2. The van der Waals surface area contributed by atoms with E-state index in [0.717, 1.165) is 11.4 Å². The summed E-state index contributed by atoms with van der Waals surface area (Å²) in [4.78, 5) is 4.07. The summed E-state index contributed by atoms with van der Waals surface area (Å²) in [6, 6.07) is 7.42. The summed E-state index contributed by atoms with van der Waals surface area (Å²) in [5, 5.41) is 13.6. The molecule has 90 valence electrons. The predicted octanol–water partition coefficient (Wildman–Crippen LogP) is 1.45. The molecule has 0 bridgehead atoms. The molecule has 5 nitrogen and oxygen atoms in total. The van der Waals surface area contributed by atoms with Gasteiger partial charge in [0.05, 0.1) is 6.10 Å². The number of aliphatic hydroxyl groups excluding tert-OH is 1. The van der Waals surface area contributed by atoms with Crippen LogP contribution < -0.4 is 4.74 Å². The zero-order valence-corrected chi connectivity index (χ0v) is 9.87. The van der Waals surface area contributed by atoms with E-state index in [1.807, 2.05) is 31.3 Å². The quantitative estimate of drug-likeness (QED) is 0.868. The molecule has 0 spiro atoms. The van der Waals surface area contributed by atoms with Crippen molar-refractivity contribution in [3.05, 3.63) is 42.0 Å². The number of ether oxygens (including phenoxy) is 1. The third kappa shape index (κ3) is 2.62. The van der Waals surface area contributed by atoms with Gasteiger partial charge in [-0.05, 0) is 13.0 Å². The van der Waals surface area contributed by atoms with Gasteiger partial charge in [-0.25, -0.2) is 4.98 Å². The number of para-hydroxylation sites is 1. The summed E-state index contributed by atoms with van der Waals surface area (Å²) in [7, 11) is 1.81. The fourth-order valence-electron chi connectivity index (χ4n) is 1.55. The van der Waals surface area contributed by atoms with Gasteiger partial charge in [-0.3, -0.25) is 4.68 Å². The smallest absolute Gasteiger partial charge is 0.164 e. The molecular weight excluding hydrogens is 218 g/mol. The molecule has 0 aliphatic heterocycles. The highest BCUT2D eigenvalue weighted by molar-refractivity contribution is 5.34. The normalized spacial score (nSPS) is 12.4. The zero-order chi connectivity index (χ0) is 12.3. The maximum Gasteiger partial charge on any atom is 0.164 e. The Morgan fingerprint density at radius 3 is 2.82 bits per heavy atom. The largest absolute Gasteiger partial charge is 0.485 e. The Hall–Kier alpha value is -1.88. The number of hydrogen-bond acceptors (Lipinski definition) is 4. The number of aryl methyl sites for hydroxylation is 1. The van der Waals surface area contributed by atoms with Crippen molar-refractivity contribution in [2.45, 2.75) is 19.6 Å². The molecule has 1 heterocycles. The first-order valence-corrected chi connectivity index (χ1v) is 5.41. The van der Waals surface area contributed by atoms with Crippen molar-refractivity contribution in [2.24, 2.45) is 7.05 Å². The highest BCUT2D eigenvalue weighted by Crippen LogP contribution is 2.24. The van der Waals surface area contributed by atoms with Gasteiger partial charge in [0, 0.05) is 12.6 Å². The van der Waals surface area contributed by atoms with E-state index in [1.54, 1.807) is 11.6 Å². The molecule has 1 atom stereocenters. The van der Waals surface area contributed by atoms with E-state index in [2.05, 4.69) is 10.1 Å². The van der Waals surface area contributed by atoms with Crippen LogP contribution in [0.25, 0.3) is 0 Å². The second-order valence-electron chi connectivity index (χ2n) is 3.80. The summed E-state index contributed by atoms with van der Waals surface area (Å²) in [5.74, 6) is 1.41. The Bertz CT molecular complexity index is 494. The molecule has 1 aromatic carbocycles. The van der Waals surface area contributed by atoms with E-state index in [1.165, 1.54) is 6.33 Å². The molecule has 0 unspecified atom stereocenters. The Labute approximate surface area is 99.7 Å². The topological polar surface area (TPSA) is 60.2 Å². The van der Waals surface area contributed by atoms with Gasteiger partial charge in [-0.1, -0.05) is 18.2 Å². The summed E-state index contributed by atoms with van der Waals surface area (Å²) < 4.78 is 7.30. The molecule has 1 aromatic heterocycles. The third-order valence-electron chi connectivity index (χ3n) is 2.53. The predicted molar refractivity (Wildman–Crippen MR) is 62.4 cm³/mol. The second-order valence-corrected chi connectivity index (χ2v) is 3.80. The molecule has 0 saturated carbocycles. The molecule has 0 amide bonds. The van der Waals surface area contributed by atoms with Gasteiger partial charge >= 0.3 is 0 Å². The zero-order valence-electron chi connectivity index (χ0n) is 9.87. The van der Waals surface area contributed by atoms with Crippen molar-refractivity contribution in [2.75, 3.05) is 0 Å². The van der Waals surface area contributed by atoms with Gasteiger partial charge in [0.1, 0.15) is 18.7 Å². The lowest BCUT2D eigenvalue weighted by Crippen LogP contribution is -2.06. The van der Waals surface area contributed by atoms with Crippen LogP contribution >= 0.6 is 0 Å². The molecule has 1 N–H and O–H groups in total. The Kier molecular flexibility index (Phi) is 3.39. The van der Waals surface area contributed by atoms with Crippen molar-refractivity contribution < 1.29 is 9.84 Å². The van der Waals surface area contributed by atoms with E-state index in [9.17, 15) is 5.11 Å². The van der Waals surface area contributed by atoms with Crippen LogP contribution in [0.2, 0.25) is 0 Å². The van der Waals surface area contributed by atoms with Crippen LogP contribution in [0.15, 0.2) is 30.6 Å². The Morgan fingerprint density at radius 2 is 2.18 bits per heavy atom. The van der Waals surface area contributed by atoms with Gasteiger partial charge in [-0.15, -0.1) is 0 Å². The summed E-state index contributed by atoms with van der Waals surface area (Å²) in [5.41, 5.74) is 0.773. The standard InChI is InChI=1S/C12H15N3O2/c1-9(16)10-5-3-4-6-11(10)17-7-12-13-8-14-15(12)2/h3-6,8-9,16H,7H2,1-2H3/t9-/m1/s1. The van der Waals surface area contributed by atoms with Crippen LogP contribution in [0.4, 0.5) is 0 Å². The van der Waals surface area contributed by atoms with Crippen molar-refractivity contribution >= 4 is 0 Å². The molecule has 0 aliphatic rings. The van der Waals surface area contributed by atoms with E-state index in [0.29, 0.717) is 12.4 Å². The lowest BCUT2D eigenvalue weighted by atomic mass is 10.1. The monoisotopic (exact) mass is 233 g/mol. The highest BCUT2D eigenvalue weighted by atomic mass is 16.5. The molecule has 0 saturated heterocycles. The Balaban J connectivity index is 2.11. The van der Waals surface area contributed by atoms with Crippen LogP contribution in [0.1, 0.15) is 24.4 Å². The first-order valence-electron chi connectivity index (χ1n) is 5.41. The first kappa shape index (κ1) is 11.6. The fraction of sp³-hybridized carbons (Fsp3) is 0.333. The van der Waals surface area contributed by atoms with Crippen molar-refractivity contribution in [1.82, 2.24) is 14.8 Å². The molecule has 17 heavy (non-hydrogen) atoms. The minimum absolute atomic E-state index is 0.334. The maximum absolute atomic E-state index is 9.60. The number of aliphatic hydroxyl groups is 1. The number of benzene rings is 1. The van der Waals surface area contributed by atoms with Gasteiger partial charge in [0.25, 0.3) is 0 Å². The molecule has 5 heteroatoms. The van der Waals surface area contributed by atoms with Crippen LogP contribution in [-0.2, 0) is 13.7 Å². The number of nitrogens with zero attached hydrogens (tertiary/aromatic N) is 3. The lowest BCUT2D eigenvalue weighted by molar-refractivity contribution is 0.189. The van der Waals surface area contributed by atoms with Gasteiger partial charge in [0.2, 0.25) is 0 Å². The van der Waals surface area contributed by atoms with Crippen molar-refractivity contribution in [1.29, 1.82) is 0 Å². The van der Waals surface area contributed by atoms with Gasteiger partial charge in [0.15, 0.2) is 5.82 Å². The van der Waals surface area contributed by atoms with E-state index in [4.69, 9.17) is 4.74 Å². The summed E-state index contributed by atoms with van der Waals surface area (Å²) in [6.45, 7) is 2.05.